The molecule has 2 N–H and O–H groups in total. The second-order valence-electron chi connectivity index (χ2n) is 10.4. The predicted octanol–water partition coefficient (Wildman–Crippen LogP) is 5.92. The molecule has 180 valence electrons. The highest BCUT2D eigenvalue weighted by Crippen LogP contribution is 2.34. The molecule has 33 heavy (non-hydrogen) atoms. The number of hydrogen-bond acceptors (Lipinski definition) is 4. The van der Waals surface area contributed by atoms with Crippen LogP contribution in [0.5, 0.6) is 5.75 Å². The Labute approximate surface area is 209 Å². The van der Waals surface area contributed by atoms with Crippen LogP contribution in [0.4, 0.5) is 11.4 Å². The number of thiocarbonyl (C=S) groups is 1. The van der Waals surface area contributed by atoms with Crippen LogP contribution in [0.1, 0.15) is 46.1 Å². The monoisotopic (exact) mass is 488 g/mol. The summed E-state index contributed by atoms with van der Waals surface area (Å²) >= 11 is 12.2. The van der Waals surface area contributed by atoms with E-state index in [1.165, 1.54) is 11.3 Å². The Morgan fingerprint density at radius 3 is 2.24 bits per heavy atom. The van der Waals surface area contributed by atoms with Crippen molar-refractivity contribution < 1.29 is 4.74 Å². The molecule has 7 heteroatoms. The molecule has 2 aromatic carbocycles. The molecule has 1 aliphatic rings. The predicted molar refractivity (Wildman–Crippen MR) is 145 cm³/mol. The fourth-order valence-electron chi connectivity index (χ4n) is 4.91. The van der Waals surface area contributed by atoms with E-state index in [2.05, 4.69) is 86.5 Å². The highest BCUT2D eigenvalue weighted by molar-refractivity contribution is 7.80. The highest BCUT2D eigenvalue weighted by Gasteiger charge is 2.40. The standard InChI is InChI=1S/C26H37ClN4OS/c1-25(2)15-21(16-26(3,4)29-25)31(17-18-8-11-20(12-9-18)30(5)6)24(33)28-22-13-10-19(27)14-23(22)32-7/h8-14,21,29H,15-17H2,1-7H3,(H,28,33). The van der Waals surface area contributed by atoms with E-state index in [9.17, 15) is 0 Å². The van der Waals surface area contributed by atoms with Gasteiger partial charge in [-0.1, -0.05) is 23.7 Å². The van der Waals surface area contributed by atoms with Gasteiger partial charge in [0.15, 0.2) is 5.11 Å². The summed E-state index contributed by atoms with van der Waals surface area (Å²) in [5, 5.41) is 8.53. The molecule has 0 amide bonds. The lowest BCUT2D eigenvalue weighted by Crippen LogP contribution is -2.63. The summed E-state index contributed by atoms with van der Waals surface area (Å²) in [7, 11) is 5.75. The van der Waals surface area contributed by atoms with Crippen LogP contribution in [0.3, 0.4) is 0 Å². The third kappa shape index (κ3) is 6.75. The van der Waals surface area contributed by atoms with Gasteiger partial charge in [-0.05, 0) is 82.6 Å². The first-order valence-corrected chi connectivity index (χ1v) is 12.1. The lowest BCUT2D eigenvalue weighted by molar-refractivity contribution is 0.101. The van der Waals surface area contributed by atoms with Crippen molar-refractivity contribution in [1.82, 2.24) is 10.2 Å². The van der Waals surface area contributed by atoms with Gasteiger partial charge in [-0.3, -0.25) is 0 Å². The molecule has 1 heterocycles. The molecule has 3 rings (SSSR count). The first kappa shape index (κ1) is 25.6. The maximum Gasteiger partial charge on any atom is 0.174 e. The molecule has 0 atom stereocenters. The number of methoxy groups -OCH3 is 1. The van der Waals surface area contributed by atoms with Gasteiger partial charge in [0, 0.05) is 54.5 Å². The molecule has 1 aliphatic heterocycles. The summed E-state index contributed by atoms with van der Waals surface area (Å²) in [5.74, 6) is 0.672. The third-order valence-electron chi connectivity index (χ3n) is 6.08. The van der Waals surface area contributed by atoms with E-state index in [-0.39, 0.29) is 17.1 Å². The minimum atomic E-state index is 0.00697. The first-order valence-electron chi connectivity index (χ1n) is 11.4. The van der Waals surface area contributed by atoms with E-state index in [1.807, 2.05) is 12.1 Å². The van der Waals surface area contributed by atoms with Crippen LogP contribution in [0.25, 0.3) is 0 Å². The van der Waals surface area contributed by atoms with Gasteiger partial charge in [-0.15, -0.1) is 0 Å². The average Bonchev–Trinajstić information content (AvgIpc) is 2.71. The first-order chi connectivity index (χ1) is 15.4. The SMILES string of the molecule is COc1cc(Cl)ccc1NC(=S)N(Cc1ccc(N(C)C)cc1)C1CC(C)(C)NC(C)(C)C1. The lowest BCUT2D eigenvalue weighted by atomic mass is 9.79. The van der Waals surface area contributed by atoms with Crippen molar-refractivity contribution in [2.24, 2.45) is 0 Å². The van der Waals surface area contributed by atoms with Gasteiger partial charge in [0.1, 0.15) is 5.75 Å². The molecule has 0 bridgehead atoms. The van der Waals surface area contributed by atoms with Gasteiger partial charge >= 0.3 is 0 Å². The van der Waals surface area contributed by atoms with Crippen molar-refractivity contribution in [3.8, 4) is 5.75 Å². The maximum absolute atomic E-state index is 6.16. The Kier molecular flexibility index (Phi) is 7.82. The topological polar surface area (TPSA) is 39.8 Å². The van der Waals surface area contributed by atoms with Gasteiger partial charge < -0.3 is 25.2 Å². The number of rotatable bonds is 6. The number of halogens is 1. The van der Waals surface area contributed by atoms with Crippen molar-refractivity contribution in [3.05, 3.63) is 53.1 Å². The van der Waals surface area contributed by atoms with Crippen LogP contribution >= 0.6 is 23.8 Å². The summed E-state index contributed by atoms with van der Waals surface area (Å²) < 4.78 is 5.53. The van der Waals surface area contributed by atoms with Crippen molar-refractivity contribution in [2.45, 2.75) is 64.2 Å². The Morgan fingerprint density at radius 1 is 1.09 bits per heavy atom. The molecule has 0 unspecified atom stereocenters. The van der Waals surface area contributed by atoms with E-state index in [0.717, 1.165) is 25.1 Å². The number of benzene rings is 2. The van der Waals surface area contributed by atoms with Crippen LogP contribution in [-0.2, 0) is 6.54 Å². The molecular weight excluding hydrogens is 452 g/mol. The Hall–Kier alpha value is -2.02. The summed E-state index contributed by atoms with van der Waals surface area (Å²) in [6.07, 6.45) is 1.98. The summed E-state index contributed by atoms with van der Waals surface area (Å²) in [6, 6.07) is 14.5. The average molecular weight is 489 g/mol. The molecular formula is C26H37ClN4OS. The maximum atomic E-state index is 6.16. The van der Waals surface area contributed by atoms with Crippen molar-refractivity contribution in [2.75, 3.05) is 31.4 Å². The smallest absolute Gasteiger partial charge is 0.174 e. The molecule has 0 radical (unpaired) electrons. The van der Waals surface area contributed by atoms with Crippen LogP contribution in [0.2, 0.25) is 5.02 Å². The number of nitrogens with zero attached hydrogens (tertiary/aromatic N) is 2. The summed E-state index contributed by atoms with van der Waals surface area (Å²) in [5.41, 5.74) is 3.23. The van der Waals surface area contributed by atoms with Crippen molar-refractivity contribution >= 4 is 40.3 Å². The summed E-state index contributed by atoms with van der Waals surface area (Å²) in [4.78, 5) is 4.44. The van der Waals surface area contributed by atoms with Gasteiger partial charge in [0.2, 0.25) is 0 Å². The van der Waals surface area contributed by atoms with Gasteiger partial charge in [0.05, 0.1) is 12.8 Å². The molecule has 5 nitrogen and oxygen atoms in total. The number of nitrogens with one attached hydrogen (secondary N) is 2. The number of anilines is 2. The molecule has 0 aliphatic carbocycles. The summed E-state index contributed by atoms with van der Waals surface area (Å²) in [6.45, 7) is 9.80. The number of piperidine rings is 1. The minimum Gasteiger partial charge on any atom is -0.495 e. The van der Waals surface area contributed by atoms with Gasteiger partial charge in [0.25, 0.3) is 0 Å². The second-order valence-corrected chi connectivity index (χ2v) is 11.2. The Bertz CT molecular complexity index is 959. The molecule has 0 saturated carbocycles. The van der Waals surface area contributed by atoms with E-state index in [4.69, 9.17) is 28.6 Å². The van der Waals surface area contributed by atoms with Gasteiger partial charge in [-0.2, -0.15) is 0 Å². The molecule has 0 aromatic heterocycles. The van der Waals surface area contributed by atoms with Crippen LogP contribution in [-0.4, -0.2) is 48.3 Å². The van der Waals surface area contributed by atoms with Crippen LogP contribution in [0, 0.1) is 0 Å². The minimum absolute atomic E-state index is 0.00697. The van der Waals surface area contributed by atoms with E-state index in [1.54, 1.807) is 13.2 Å². The zero-order valence-electron chi connectivity index (χ0n) is 20.8. The Balaban J connectivity index is 1.91. The fraction of sp³-hybridized carbons (Fsp3) is 0.500. The molecule has 1 saturated heterocycles. The van der Waals surface area contributed by atoms with E-state index in [0.29, 0.717) is 15.9 Å². The molecule has 1 fully saturated rings. The molecule has 0 spiro atoms. The van der Waals surface area contributed by atoms with Gasteiger partial charge in [-0.25, -0.2) is 0 Å². The zero-order valence-corrected chi connectivity index (χ0v) is 22.4. The lowest BCUT2D eigenvalue weighted by Gasteiger charge is -2.50. The van der Waals surface area contributed by atoms with E-state index >= 15 is 0 Å². The third-order valence-corrected chi connectivity index (χ3v) is 6.65. The largest absolute Gasteiger partial charge is 0.495 e. The van der Waals surface area contributed by atoms with Crippen molar-refractivity contribution in [3.63, 3.8) is 0 Å². The fourth-order valence-corrected chi connectivity index (χ4v) is 5.39. The highest BCUT2D eigenvalue weighted by atomic mass is 35.5. The number of hydrogen-bond donors (Lipinski definition) is 2. The second kappa shape index (κ2) is 10.1. The Morgan fingerprint density at radius 2 is 1.70 bits per heavy atom. The number of ether oxygens (including phenoxy) is 1. The van der Waals surface area contributed by atoms with E-state index < -0.39 is 0 Å². The molecule has 2 aromatic rings. The quantitative estimate of drug-likeness (QED) is 0.491. The van der Waals surface area contributed by atoms with Crippen LogP contribution < -0.4 is 20.3 Å². The normalized spacial score (nSPS) is 17.3. The zero-order chi connectivity index (χ0) is 24.4. The van der Waals surface area contributed by atoms with Crippen molar-refractivity contribution in [1.29, 1.82) is 0 Å². The van der Waals surface area contributed by atoms with Crippen LogP contribution in [0.15, 0.2) is 42.5 Å².